The van der Waals surface area contributed by atoms with E-state index in [0.29, 0.717) is 34.3 Å². The number of carbonyl (C=O) groups excluding carboxylic acids is 1. The van der Waals surface area contributed by atoms with E-state index in [-0.39, 0.29) is 34.8 Å². The zero-order valence-electron chi connectivity index (χ0n) is 21.2. The van der Waals surface area contributed by atoms with E-state index in [1.807, 2.05) is 36.4 Å². The Morgan fingerprint density at radius 2 is 1.87 bits per heavy atom. The number of aromatic nitrogens is 2. The van der Waals surface area contributed by atoms with Crippen molar-refractivity contribution in [3.63, 3.8) is 0 Å². The van der Waals surface area contributed by atoms with Gasteiger partial charge in [0.25, 0.3) is 0 Å². The van der Waals surface area contributed by atoms with Crippen molar-refractivity contribution in [2.45, 2.75) is 36.9 Å². The van der Waals surface area contributed by atoms with Crippen LogP contribution in [0.5, 0.6) is 5.75 Å². The number of nitrogens with one attached hydrogen (secondary N) is 1. The second-order valence-corrected chi connectivity index (χ2v) is 13.3. The number of halogens is 2. The molecule has 0 atom stereocenters. The van der Waals surface area contributed by atoms with Crippen LogP contribution in [0, 0.1) is 5.41 Å². The lowest BCUT2D eigenvalue weighted by Crippen LogP contribution is -2.41. The minimum atomic E-state index is -3.65. The Morgan fingerprint density at radius 1 is 1.16 bits per heavy atom. The van der Waals surface area contributed by atoms with Crippen molar-refractivity contribution in [3.05, 3.63) is 75.8 Å². The fourth-order valence-electron chi connectivity index (χ4n) is 3.91. The molecule has 0 spiro atoms. The molecule has 204 valence electrons. The molecule has 12 heteroatoms. The number of fused-ring (bicyclic) bond motifs is 1. The highest BCUT2D eigenvalue weighted by Gasteiger charge is 2.26. The van der Waals surface area contributed by atoms with E-state index in [0.717, 1.165) is 28.0 Å². The van der Waals surface area contributed by atoms with E-state index in [1.54, 1.807) is 37.8 Å². The molecule has 0 radical (unpaired) electrons. The summed E-state index contributed by atoms with van der Waals surface area (Å²) < 4.78 is 34.2. The molecule has 38 heavy (non-hydrogen) atoms. The summed E-state index contributed by atoms with van der Waals surface area (Å²) >= 11 is 7.00. The third kappa shape index (κ3) is 6.50. The van der Waals surface area contributed by atoms with Crippen LogP contribution in [-0.2, 0) is 33.5 Å². The van der Waals surface area contributed by atoms with Gasteiger partial charge in [-0.05, 0) is 49.2 Å². The van der Waals surface area contributed by atoms with Crippen LogP contribution < -0.4 is 15.8 Å². The van der Waals surface area contributed by atoms with Crippen molar-refractivity contribution in [1.82, 2.24) is 15.1 Å². The van der Waals surface area contributed by atoms with E-state index >= 15 is 0 Å². The van der Waals surface area contributed by atoms with Gasteiger partial charge < -0.3 is 15.8 Å². The smallest absolute Gasteiger partial charge is 0.227 e. The Labute approximate surface area is 237 Å². The molecule has 3 N–H and O–H groups in total. The number of ether oxygens (including phenoxy) is 1. The van der Waals surface area contributed by atoms with Gasteiger partial charge in [-0.2, -0.15) is 5.10 Å². The summed E-state index contributed by atoms with van der Waals surface area (Å²) in [4.78, 5) is 12.4. The number of benzene rings is 2. The predicted molar refractivity (Wildman–Crippen MR) is 154 cm³/mol. The third-order valence-electron chi connectivity index (χ3n) is 6.12. The number of carbonyl (C=O) groups is 1. The molecule has 2 heterocycles. The molecule has 2 aromatic carbocycles. The summed E-state index contributed by atoms with van der Waals surface area (Å²) in [5.41, 5.74) is 8.12. The number of nitrogens with two attached hydrogens (primary N) is 1. The van der Waals surface area contributed by atoms with Crippen LogP contribution in [0.3, 0.4) is 0 Å². The zero-order chi connectivity index (χ0) is 26.8. The number of hydrogen-bond donors (Lipinski definition) is 2. The van der Waals surface area contributed by atoms with Crippen LogP contribution in [0.25, 0.3) is 10.9 Å². The van der Waals surface area contributed by atoms with Crippen molar-refractivity contribution in [2.75, 3.05) is 13.7 Å². The summed E-state index contributed by atoms with van der Waals surface area (Å²) in [6, 6.07) is 16.4. The minimum absolute atomic E-state index is 0. The van der Waals surface area contributed by atoms with E-state index in [2.05, 4.69) is 5.32 Å². The average Bonchev–Trinajstić information content (AvgIpc) is 3.46. The quantitative estimate of drug-likeness (QED) is 0.271. The summed E-state index contributed by atoms with van der Waals surface area (Å²) in [6.07, 6.45) is 0. The highest BCUT2D eigenvalue weighted by atomic mass is 35.5. The Bertz CT molecular complexity index is 1550. The molecule has 0 bridgehead atoms. The Morgan fingerprint density at radius 3 is 2.53 bits per heavy atom. The Balaban J connectivity index is 0.00000400. The number of amides is 1. The lowest BCUT2D eigenvalue weighted by molar-refractivity contribution is -0.129. The van der Waals surface area contributed by atoms with Crippen LogP contribution in [0.2, 0.25) is 4.34 Å². The predicted octanol–water partition coefficient (Wildman–Crippen LogP) is 4.80. The second-order valence-electron chi connectivity index (χ2n) is 9.37. The van der Waals surface area contributed by atoms with Gasteiger partial charge in [0, 0.05) is 13.1 Å². The fourth-order valence-corrected chi connectivity index (χ4v) is 6.75. The average molecular weight is 598 g/mol. The van der Waals surface area contributed by atoms with Crippen molar-refractivity contribution in [2.24, 2.45) is 11.1 Å². The van der Waals surface area contributed by atoms with Gasteiger partial charge >= 0.3 is 0 Å². The number of rotatable bonds is 10. The maximum absolute atomic E-state index is 13.1. The van der Waals surface area contributed by atoms with Crippen LogP contribution in [0.1, 0.15) is 30.7 Å². The maximum atomic E-state index is 13.1. The van der Waals surface area contributed by atoms with E-state index in [1.165, 1.54) is 6.07 Å². The van der Waals surface area contributed by atoms with Gasteiger partial charge in [-0.1, -0.05) is 41.9 Å². The molecule has 0 aliphatic carbocycles. The first kappa shape index (κ1) is 29.9. The number of hydrogen-bond acceptors (Lipinski definition) is 7. The van der Waals surface area contributed by atoms with Gasteiger partial charge in [-0.25, -0.2) is 8.42 Å². The van der Waals surface area contributed by atoms with Crippen molar-refractivity contribution in [1.29, 1.82) is 0 Å². The highest BCUT2D eigenvalue weighted by Crippen LogP contribution is 2.33. The van der Waals surface area contributed by atoms with Crippen molar-refractivity contribution >= 4 is 62.0 Å². The van der Waals surface area contributed by atoms with Gasteiger partial charge in [-0.3, -0.25) is 9.48 Å². The normalized spacial score (nSPS) is 11.8. The van der Waals surface area contributed by atoms with Crippen LogP contribution in [-0.4, -0.2) is 37.8 Å². The topological polar surface area (TPSA) is 116 Å². The second kappa shape index (κ2) is 12.0. The van der Waals surface area contributed by atoms with E-state index < -0.39 is 15.3 Å². The Hall–Kier alpha value is -2.63. The standard InChI is InChI=1S/C26H29ClN4O4S2.ClH/c1-26(2,16-28)25(32)29-13-17-6-4-7-18(12-17)14-31-20-8-5-9-21(35-3)24(20)19(30-31)15-37(33,34)23-11-10-22(27)36-23;/h4-12H,13-16,28H2,1-3H3,(H,29,32);1H. The highest BCUT2D eigenvalue weighted by molar-refractivity contribution is 7.92. The molecule has 0 saturated heterocycles. The maximum Gasteiger partial charge on any atom is 0.227 e. The summed E-state index contributed by atoms with van der Waals surface area (Å²) in [5.74, 6) is 0.164. The van der Waals surface area contributed by atoms with Crippen LogP contribution in [0.4, 0.5) is 0 Å². The number of methoxy groups -OCH3 is 1. The monoisotopic (exact) mass is 596 g/mol. The first-order chi connectivity index (χ1) is 17.5. The molecule has 4 rings (SSSR count). The molecule has 1 amide bonds. The third-order valence-corrected chi connectivity index (χ3v) is 9.56. The van der Waals surface area contributed by atoms with Gasteiger partial charge in [-0.15, -0.1) is 23.7 Å². The summed E-state index contributed by atoms with van der Waals surface area (Å²) in [6.45, 7) is 4.65. The molecule has 4 aromatic rings. The number of nitrogens with zero attached hydrogens (tertiary/aromatic N) is 2. The van der Waals surface area contributed by atoms with Crippen LogP contribution in [0.15, 0.2) is 58.8 Å². The lowest BCUT2D eigenvalue weighted by Gasteiger charge is -2.21. The minimum Gasteiger partial charge on any atom is -0.496 e. The van der Waals surface area contributed by atoms with Gasteiger partial charge in [0.15, 0.2) is 9.84 Å². The largest absolute Gasteiger partial charge is 0.496 e. The summed E-state index contributed by atoms with van der Waals surface area (Å²) in [5, 5.41) is 8.30. The number of thiophene rings is 1. The van der Waals surface area contributed by atoms with Gasteiger partial charge in [0.05, 0.1) is 40.0 Å². The van der Waals surface area contributed by atoms with E-state index in [4.69, 9.17) is 27.2 Å². The van der Waals surface area contributed by atoms with Gasteiger partial charge in [0.2, 0.25) is 5.91 Å². The molecular formula is C26H30Cl2N4O4S2. The van der Waals surface area contributed by atoms with Crippen molar-refractivity contribution in [3.8, 4) is 5.75 Å². The molecular weight excluding hydrogens is 567 g/mol. The SMILES string of the molecule is COc1cccc2c1c(CS(=O)(=O)c1ccc(Cl)s1)nn2Cc1cccc(CNC(=O)C(C)(C)CN)c1.Cl. The van der Waals surface area contributed by atoms with Crippen LogP contribution >= 0.6 is 35.3 Å². The first-order valence-electron chi connectivity index (χ1n) is 11.6. The first-order valence-corrected chi connectivity index (χ1v) is 14.5. The molecule has 0 unspecified atom stereocenters. The van der Waals surface area contributed by atoms with Gasteiger partial charge in [0.1, 0.15) is 15.7 Å². The van der Waals surface area contributed by atoms with E-state index in [9.17, 15) is 13.2 Å². The molecule has 2 aromatic heterocycles. The molecule has 0 aliphatic heterocycles. The number of sulfone groups is 1. The molecule has 0 aliphatic rings. The zero-order valence-corrected chi connectivity index (χ0v) is 24.4. The fraction of sp³-hybridized carbons (Fsp3) is 0.308. The molecule has 8 nitrogen and oxygen atoms in total. The molecule has 0 saturated carbocycles. The van der Waals surface area contributed by atoms with Crippen molar-refractivity contribution < 1.29 is 17.9 Å². The summed E-state index contributed by atoms with van der Waals surface area (Å²) in [7, 11) is -2.10. The lowest BCUT2D eigenvalue weighted by atomic mass is 9.92. The Kier molecular flexibility index (Phi) is 9.48. The molecule has 0 fully saturated rings.